The number of ether oxygens (including phenoxy) is 2. The number of amides is 1. The normalized spacial score (nSPS) is 20.6. The smallest absolute Gasteiger partial charge is 0.272 e. The maximum absolute atomic E-state index is 12.0. The van der Waals surface area contributed by atoms with Crippen molar-refractivity contribution in [2.45, 2.75) is 53.6 Å². The molecule has 2 N–H and O–H groups in total. The first-order valence-electron chi connectivity index (χ1n) is 13.6. The van der Waals surface area contributed by atoms with Crippen LogP contribution in [0.2, 0.25) is 0 Å². The van der Waals surface area contributed by atoms with Gasteiger partial charge in [-0.15, -0.1) is 10.2 Å². The van der Waals surface area contributed by atoms with Crippen LogP contribution in [0.3, 0.4) is 0 Å². The average molecular weight is 679 g/mol. The van der Waals surface area contributed by atoms with Crippen LogP contribution in [0, 0.1) is 12.8 Å². The molecule has 0 radical (unpaired) electrons. The molecule has 0 unspecified atom stereocenters. The predicted molar refractivity (Wildman–Crippen MR) is 172 cm³/mol. The van der Waals surface area contributed by atoms with Crippen LogP contribution in [-0.2, 0) is 27.4 Å². The van der Waals surface area contributed by atoms with E-state index in [1.165, 1.54) is 0 Å². The number of aliphatic hydroxyl groups is 1. The Morgan fingerprint density at radius 1 is 0.977 bits per heavy atom. The first kappa shape index (κ1) is 32.2. The molecule has 43 heavy (non-hydrogen) atoms. The second-order valence-electron chi connectivity index (χ2n) is 10.2. The SMILES string of the molecule is Cc1nnc(SC[C@H]2O[C@@H](c3cccc(-c4cccc(CNC(=O)C(Cl)(Cl)Cl)c4)c3)O[C@@H](c3ccc(CO)cc3)[C@H]2C)s1. The number of aliphatic hydroxyl groups excluding tert-OH is 1. The third kappa shape index (κ3) is 8.29. The summed E-state index contributed by atoms with van der Waals surface area (Å²) in [6.45, 7) is 4.29. The Morgan fingerprint density at radius 3 is 2.37 bits per heavy atom. The lowest BCUT2D eigenvalue weighted by molar-refractivity contribution is -0.268. The molecule has 2 heterocycles. The van der Waals surface area contributed by atoms with Crippen LogP contribution in [0.5, 0.6) is 0 Å². The van der Waals surface area contributed by atoms with Crippen molar-refractivity contribution in [3.63, 3.8) is 0 Å². The van der Waals surface area contributed by atoms with Crippen molar-refractivity contribution in [1.82, 2.24) is 15.5 Å². The number of hydrogen-bond donors (Lipinski definition) is 2. The van der Waals surface area contributed by atoms with Gasteiger partial charge in [0.2, 0.25) is 0 Å². The Bertz CT molecular complexity index is 1550. The van der Waals surface area contributed by atoms with E-state index in [-0.39, 0.29) is 31.3 Å². The van der Waals surface area contributed by atoms with Gasteiger partial charge >= 0.3 is 0 Å². The van der Waals surface area contributed by atoms with Gasteiger partial charge < -0.3 is 19.9 Å². The van der Waals surface area contributed by atoms with Crippen LogP contribution < -0.4 is 5.32 Å². The number of nitrogens with zero attached hydrogens (tertiary/aromatic N) is 2. The molecule has 0 bridgehead atoms. The molecule has 1 saturated heterocycles. The molecule has 7 nitrogen and oxygen atoms in total. The average Bonchev–Trinajstić information content (AvgIpc) is 3.44. The summed E-state index contributed by atoms with van der Waals surface area (Å²) in [5.41, 5.74) is 5.55. The number of alkyl halides is 3. The quantitative estimate of drug-likeness (QED) is 0.139. The number of nitrogens with one attached hydrogen (secondary N) is 1. The predicted octanol–water partition coefficient (Wildman–Crippen LogP) is 7.58. The highest BCUT2D eigenvalue weighted by atomic mass is 35.6. The minimum Gasteiger partial charge on any atom is -0.392 e. The van der Waals surface area contributed by atoms with Gasteiger partial charge in [0.25, 0.3) is 9.70 Å². The van der Waals surface area contributed by atoms with Gasteiger partial charge in [0.1, 0.15) is 5.01 Å². The number of carbonyl (C=O) groups excluding carboxylic acids is 1. The zero-order valence-electron chi connectivity index (χ0n) is 23.4. The van der Waals surface area contributed by atoms with Crippen molar-refractivity contribution in [2.24, 2.45) is 5.92 Å². The second kappa shape index (κ2) is 14.3. The van der Waals surface area contributed by atoms with Crippen molar-refractivity contribution in [1.29, 1.82) is 0 Å². The molecule has 4 aromatic rings. The Labute approximate surface area is 273 Å². The van der Waals surface area contributed by atoms with Crippen LogP contribution in [0.25, 0.3) is 11.1 Å². The summed E-state index contributed by atoms with van der Waals surface area (Å²) in [5.74, 6) is 0.0727. The number of aryl methyl sites for hydroxylation is 1. The zero-order valence-corrected chi connectivity index (χ0v) is 27.3. The molecule has 5 rings (SSSR count). The molecule has 1 aliphatic rings. The largest absolute Gasteiger partial charge is 0.392 e. The maximum Gasteiger partial charge on any atom is 0.272 e. The molecule has 1 amide bonds. The summed E-state index contributed by atoms with van der Waals surface area (Å²) in [5, 5.41) is 21.5. The molecule has 12 heteroatoms. The van der Waals surface area contributed by atoms with Gasteiger partial charge in [-0.05, 0) is 46.9 Å². The standard InChI is InChI=1S/C31H30Cl3N3O4S2/c1-18-26(17-42-30-37-36-19(2)43-30)40-28(41-27(18)22-11-9-20(16-38)10-12-22)25-8-4-7-24(14-25)23-6-3-5-21(13-23)15-35-29(39)31(32,33)34/h3-14,18,26-28,38H,15-17H2,1-2H3,(H,35,39)/t18-,26+,27+,28+/m0/s1. The monoisotopic (exact) mass is 677 g/mol. The summed E-state index contributed by atoms with van der Waals surface area (Å²) >= 11 is 20.3. The highest BCUT2D eigenvalue weighted by Crippen LogP contribution is 2.43. The first-order valence-corrected chi connectivity index (χ1v) is 16.5. The maximum atomic E-state index is 12.0. The van der Waals surface area contributed by atoms with Crippen molar-refractivity contribution >= 4 is 63.8 Å². The van der Waals surface area contributed by atoms with Crippen molar-refractivity contribution in [3.8, 4) is 11.1 Å². The van der Waals surface area contributed by atoms with E-state index in [9.17, 15) is 9.90 Å². The fourth-order valence-corrected chi connectivity index (χ4v) is 7.01. The Hall–Kier alpha value is -2.21. The Balaban J connectivity index is 1.38. The number of halogens is 3. The highest BCUT2D eigenvalue weighted by Gasteiger charge is 2.38. The van der Waals surface area contributed by atoms with Gasteiger partial charge in [-0.3, -0.25) is 4.79 Å². The fraction of sp³-hybridized carbons (Fsp3) is 0.323. The molecule has 1 aliphatic heterocycles. The molecular weight excluding hydrogens is 649 g/mol. The van der Waals surface area contributed by atoms with Gasteiger partial charge in [0, 0.05) is 23.8 Å². The van der Waals surface area contributed by atoms with Gasteiger partial charge in [-0.25, -0.2) is 0 Å². The van der Waals surface area contributed by atoms with Crippen molar-refractivity contribution in [2.75, 3.05) is 5.75 Å². The number of hydrogen-bond acceptors (Lipinski definition) is 8. The lowest BCUT2D eigenvalue weighted by Gasteiger charge is -2.41. The van der Waals surface area contributed by atoms with E-state index in [4.69, 9.17) is 44.3 Å². The van der Waals surface area contributed by atoms with Gasteiger partial charge in [-0.2, -0.15) is 0 Å². The Morgan fingerprint density at radius 2 is 1.70 bits per heavy atom. The minimum absolute atomic E-state index is 0.0130. The third-order valence-corrected chi connectivity index (χ3v) is 9.71. The molecule has 0 spiro atoms. The molecular formula is C31H30Cl3N3O4S2. The van der Waals surface area contributed by atoms with Crippen LogP contribution in [0.4, 0.5) is 0 Å². The van der Waals surface area contributed by atoms with Gasteiger partial charge in [0.05, 0.1) is 18.8 Å². The highest BCUT2D eigenvalue weighted by molar-refractivity contribution is 8.01. The van der Waals surface area contributed by atoms with Crippen LogP contribution in [0.1, 0.15) is 46.6 Å². The number of thioether (sulfide) groups is 1. The van der Waals surface area contributed by atoms with E-state index in [1.54, 1.807) is 23.1 Å². The summed E-state index contributed by atoms with van der Waals surface area (Å²) in [6.07, 6.45) is -0.946. The first-order chi connectivity index (χ1) is 20.6. The number of benzene rings is 3. The summed E-state index contributed by atoms with van der Waals surface area (Å²) in [4.78, 5) is 12.0. The topological polar surface area (TPSA) is 93.6 Å². The molecule has 0 saturated carbocycles. The van der Waals surface area contributed by atoms with Crippen molar-refractivity contribution in [3.05, 3.63) is 100 Å². The summed E-state index contributed by atoms with van der Waals surface area (Å²) in [7, 11) is 0. The summed E-state index contributed by atoms with van der Waals surface area (Å²) < 4.78 is 12.1. The van der Waals surface area contributed by atoms with E-state index in [1.807, 2.05) is 73.7 Å². The molecule has 4 atom stereocenters. The molecule has 226 valence electrons. The van der Waals surface area contributed by atoms with E-state index < -0.39 is 16.0 Å². The van der Waals surface area contributed by atoms with Crippen LogP contribution in [-0.4, -0.2) is 36.9 Å². The minimum atomic E-state index is -2.02. The molecule has 3 aromatic carbocycles. The van der Waals surface area contributed by atoms with E-state index in [0.29, 0.717) is 5.75 Å². The zero-order chi connectivity index (χ0) is 30.6. The van der Waals surface area contributed by atoms with Crippen LogP contribution in [0.15, 0.2) is 77.1 Å². The van der Waals surface area contributed by atoms with Crippen LogP contribution >= 0.6 is 57.9 Å². The Kier molecular flexibility index (Phi) is 10.7. The van der Waals surface area contributed by atoms with Gasteiger partial charge in [0.15, 0.2) is 10.6 Å². The number of rotatable bonds is 9. The molecule has 0 aliphatic carbocycles. The lowest BCUT2D eigenvalue weighted by Crippen LogP contribution is -2.38. The lowest BCUT2D eigenvalue weighted by atomic mass is 9.91. The molecule has 1 aromatic heterocycles. The van der Waals surface area contributed by atoms with E-state index in [0.717, 1.165) is 42.7 Å². The number of carbonyl (C=O) groups is 1. The van der Waals surface area contributed by atoms with Crippen molar-refractivity contribution < 1.29 is 19.4 Å². The van der Waals surface area contributed by atoms with E-state index in [2.05, 4.69) is 28.5 Å². The second-order valence-corrected chi connectivity index (χ2v) is 15.0. The van der Waals surface area contributed by atoms with E-state index >= 15 is 0 Å². The third-order valence-electron chi connectivity index (χ3n) is 7.13. The number of aromatic nitrogens is 2. The molecule has 1 fully saturated rings. The fourth-order valence-electron chi connectivity index (χ4n) is 4.81. The summed E-state index contributed by atoms with van der Waals surface area (Å²) in [6, 6.07) is 23.7. The van der Waals surface area contributed by atoms with Gasteiger partial charge in [-0.1, -0.05) is 125 Å².